The fraction of sp³-hybridized carbons (Fsp3) is 0.381. The third kappa shape index (κ3) is 3.69. The van der Waals surface area contributed by atoms with E-state index >= 15 is 0 Å². The number of aliphatic hydroxyl groups excluding tert-OH is 1. The van der Waals surface area contributed by atoms with Crippen molar-refractivity contribution in [1.82, 2.24) is 9.55 Å². The van der Waals surface area contributed by atoms with Crippen LogP contribution in [0.3, 0.4) is 0 Å². The Balaban J connectivity index is 1.77. The van der Waals surface area contributed by atoms with Gasteiger partial charge in [-0.3, -0.25) is 0 Å². The summed E-state index contributed by atoms with van der Waals surface area (Å²) in [5.41, 5.74) is 5.62. The van der Waals surface area contributed by atoms with Gasteiger partial charge in [-0.05, 0) is 69.0 Å². The Hall–Kier alpha value is -2.33. The summed E-state index contributed by atoms with van der Waals surface area (Å²) in [6.07, 6.45) is 0.261. The number of aliphatic hydroxyl groups is 1. The van der Waals surface area contributed by atoms with Gasteiger partial charge in [0.15, 0.2) is 0 Å². The summed E-state index contributed by atoms with van der Waals surface area (Å²) in [4.78, 5) is 4.64. The predicted octanol–water partition coefficient (Wildman–Crippen LogP) is 4.48. The zero-order valence-corrected chi connectivity index (χ0v) is 15.4. The summed E-state index contributed by atoms with van der Waals surface area (Å²) < 4.78 is 8.01. The molecule has 3 aromatic rings. The number of hydrogen-bond donors (Lipinski definition) is 1. The molecule has 1 N–H and O–H groups in total. The molecule has 0 amide bonds. The number of rotatable bonds is 6. The Morgan fingerprint density at radius 3 is 2.52 bits per heavy atom. The molecule has 0 fully saturated rings. The van der Waals surface area contributed by atoms with Gasteiger partial charge in [-0.1, -0.05) is 18.2 Å². The van der Waals surface area contributed by atoms with E-state index in [1.165, 1.54) is 11.1 Å². The van der Waals surface area contributed by atoms with Gasteiger partial charge < -0.3 is 14.4 Å². The molecule has 2 aromatic carbocycles. The summed E-state index contributed by atoms with van der Waals surface area (Å²) in [5.74, 6) is 1.65. The second kappa shape index (κ2) is 7.28. The first-order valence-electron chi connectivity index (χ1n) is 8.81. The van der Waals surface area contributed by atoms with Crippen LogP contribution in [-0.4, -0.2) is 21.3 Å². The van der Waals surface area contributed by atoms with Crippen molar-refractivity contribution in [2.45, 2.75) is 46.8 Å². The number of nitrogens with zero attached hydrogens (tertiary/aromatic N) is 2. The number of aryl methyl sites for hydroxylation is 4. The molecule has 1 atom stereocenters. The van der Waals surface area contributed by atoms with Gasteiger partial charge in [-0.15, -0.1) is 0 Å². The molecule has 0 saturated carbocycles. The monoisotopic (exact) mass is 338 g/mol. The minimum Gasteiger partial charge on any atom is -0.493 e. The molecule has 4 nitrogen and oxygen atoms in total. The average molecular weight is 338 g/mol. The van der Waals surface area contributed by atoms with Crippen LogP contribution in [0.15, 0.2) is 36.4 Å². The smallest absolute Gasteiger partial charge is 0.138 e. The van der Waals surface area contributed by atoms with Crippen molar-refractivity contribution in [1.29, 1.82) is 0 Å². The van der Waals surface area contributed by atoms with Gasteiger partial charge in [-0.25, -0.2) is 4.98 Å². The number of hydrogen-bond acceptors (Lipinski definition) is 3. The van der Waals surface area contributed by atoms with Crippen molar-refractivity contribution >= 4 is 11.0 Å². The number of ether oxygens (including phenoxy) is 1. The number of para-hydroxylation sites is 1. The summed E-state index contributed by atoms with van der Waals surface area (Å²) in [7, 11) is 0. The Bertz CT molecular complexity index is 881. The normalized spacial score (nSPS) is 12.5. The number of aromatic nitrogens is 2. The van der Waals surface area contributed by atoms with Gasteiger partial charge in [0.25, 0.3) is 0 Å². The fourth-order valence-electron chi connectivity index (χ4n) is 3.08. The molecule has 0 bridgehead atoms. The summed E-state index contributed by atoms with van der Waals surface area (Å²) >= 11 is 0. The van der Waals surface area contributed by atoms with E-state index in [-0.39, 0.29) is 0 Å². The van der Waals surface area contributed by atoms with E-state index in [1.54, 1.807) is 6.92 Å². The minimum absolute atomic E-state index is 0.592. The Labute approximate surface area is 149 Å². The molecule has 1 aromatic heterocycles. The van der Waals surface area contributed by atoms with Gasteiger partial charge in [0, 0.05) is 6.54 Å². The maximum absolute atomic E-state index is 10.1. The maximum atomic E-state index is 10.1. The molecule has 132 valence electrons. The molecule has 1 heterocycles. The van der Waals surface area contributed by atoms with Crippen LogP contribution in [0.4, 0.5) is 0 Å². The molecule has 0 radical (unpaired) electrons. The van der Waals surface area contributed by atoms with Crippen molar-refractivity contribution in [3.05, 3.63) is 58.9 Å². The van der Waals surface area contributed by atoms with Gasteiger partial charge in [0.05, 0.1) is 17.6 Å². The maximum Gasteiger partial charge on any atom is 0.138 e. The minimum atomic E-state index is -0.592. The molecule has 0 saturated heterocycles. The molecular weight excluding hydrogens is 312 g/mol. The van der Waals surface area contributed by atoms with Crippen LogP contribution in [-0.2, 0) is 6.54 Å². The zero-order chi connectivity index (χ0) is 18.0. The Morgan fingerprint density at radius 2 is 1.80 bits per heavy atom. The van der Waals surface area contributed by atoms with Crippen molar-refractivity contribution in [2.75, 3.05) is 6.61 Å². The lowest BCUT2D eigenvalue weighted by atomic mass is 10.1. The van der Waals surface area contributed by atoms with Crippen LogP contribution >= 0.6 is 0 Å². The van der Waals surface area contributed by atoms with Gasteiger partial charge in [0.1, 0.15) is 17.7 Å². The Morgan fingerprint density at radius 1 is 1.08 bits per heavy atom. The number of benzene rings is 2. The van der Waals surface area contributed by atoms with Crippen molar-refractivity contribution in [2.24, 2.45) is 0 Å². The third-order valence-electron chi connectivity index (χ3n) is 4.64. The largest absolute Gasteiger partial charge is 0.493 e. The highest BCUT2D eigenvalue weighted by Gasteiger charge is 2.15. The van der Waals surface area contributed by atoms with Crippen molar-refractivity contribution in [3.8, 4) is 5.75 Å². The van der Waals surface area contributed by atoms with Crippen molar-refractivity contribution in [3.63, 3.8) is 0 Å². The molecule has 1 unspecified atom stereocenters. The Kier molecular flexibility index (Phi) is 5.09. The van der Waals surface area contributed by atoms with Crippen LogP contribution in [0.25, 0.3) is 11.0 Å². The average Bonchev–Trinajstić information content (AvgIpc) is 2.91. The molecule has 0 aliphatic heterocycles. The third-order valence-corrected chi connectivity index (χ3v) is 4.64. The predicted molar refractivity (Wildman–Crippen MR) is 101 cm³/mol. The second-order valence-electron chi connectivity index (χ2n) is 6.69. The molecule has 3 rings (SSSR count). The summed E-state index contributed by atoms with van der Waals surface area (Å²) in [5, 5.41) is 10.1. The molecule has 4 heteroatoms. The summed E-state index contributed by atoms with van der Waals surface area (Å²) in [6, 6.07) is 12.3. The standard InChI is InChI=1S/C21H26N2O2/c1-14-8-5-6-9-20(14)25-11-7-10-23-19-13-16(3)15(2)12-18(19)22-21(23)17(4)24/h5-6,8-9,12-13,17,24H,7,10-11H2,1-4H3. The van der Waals surface area contributed by atoms with E-state index in [0.29, 0.717) is 6.61 Å². The second-order valence-corrected chi connectivity index (χ2v) is 6.69. The van der Waals surface area contributed by atoms with Gasteiger partial charge in [0.2, 0.25) is 0 Å². The molecule has 25 heavy (non-hydrogen) atoms. The van der Waals surface area contributed by atoms with Gasteiger partial charge in [-0.2, -0.15) is 0 Å². The molecular formula is C21H26N2O2. The number of fused-ring (bicyclic) bond motifs is 1. The van der Waals surface area contributed by atoms with Crippen LogP contribution < -0.4 is 4.74 Å². The topological polar surface area (TPSA) is 47.3 Å². The van der Waals surface area contributed by atoms with E-state index < -0.39 is 6.10 Å². The molecule has 0 aliphatic rings. The van der Waals surface area contributed by atoms with E-state index in [0.717, 1.165) is 41.1 Å². The zero-order valence-electron chi connectivity index (χ0n) is 15.4. The first-order valence-corrected chi connectivity index (χ1v) is 8.81. The van der Waals surface area contributed by atoms with E-state index in [4.69, 9.17) is 4.74 Å². The first kappa shape index (κ1) is 17.5. The fourth-order valence-corrected chi connectivity index (χ4v) is 3.08. The van der Waals surface area contributed by atoms with Crippen LogP contribution in [0.1, 0.15) is 42.0 Å². The molecule has 0 aliphatic carbocycles. The highest BCUT2D eigenvalue weighted by atomic mass is 16.5. The molecule has 0 spiro atoms. The first-order chi connectivity index (χ1) is 12.0. The number of imidazole rings is 1. The SMILES string of the molecule is Cc1cc2nc(C(C)O)n(CCCOc3ccccc3C)c2cc1C. The van der Waals surface area contributed by atoms with E-state index in [9.17, 15) is 5.11 Å². The highest BCUT2D eigenvalue weighted by molar-refractivity contribution is 5.78. The lowest BCUT2D eigenvalue weighted by Gasteiger charge is -2.13. The summed E-state index contributed by atoms with van der Waals surface area (Å²) in [6.45, 7) is 9.41. The van der Waals surface area contributed by atoms with Crippen LogP contribution in [0, 0.1) is 20.8 Å². The lowest BCUT2D eigenvalue weighted by Crippen LogP contribution is -2.10. The van der Waals surface area contributed by atoms with Crippen molar-refractivity contribution < 1.29 is 9.84 Å². The van der Waals surface area contributed by atoms with Crippen LogP contribution in [0.5, 0.6) is 5.75 Å². The highest BCUT2D eigenvalue weighted by Crippen LogP contribution is 2.24. The van der Waals surface area contributed by atoms with E-state index in [2.05, 4.69) is 48.5 Å². The van der Waals surface area contributed by atoms with Gasteiger partial charge >= 0.3 is 0 Å². The lowest BCUT2D eigenvalue weighted by molar-refractivity contribution is 0.183. The van der Waals surface area contributed by atoms with Crippen LogP contribution in [0.2, 0.25) is 0 Å². The van der Waals surface area contributed by atoms with E-state index in [1.807, 2.05) is 18.2 Å². The quantitative estimate of drug-likeness (QED) is 0.674.